The molecule has 140 valence electrons. The number of carbonyl (C=O) groups is 1. The number of benzene rings is 2. The minimum atomic E-state index is -3.33. The topological polar surface area (TPSA) is 76.1 Å². The molecule has 2 aromatic carbocycles. The van der Waals surface area contributed by atoms with E-state index in [0.29, 0.717) is 17.3 Å². The molecule has 3 aromatic rings. The van der Waals surface area contributed by atoms with Crippen LogP contribution >= 0.6 is 11.3 Å². The van der Waals surface area contributed by atoms with Crippen molar-refractivity contribution >= 4 is 32.8 Å². The molecule has 1 amide bonds. The van der Waals surface area contributed by atoms with Crippen LogP contribution in [0.5, 0.6) is 0 Å². The van der Waals surface area contributed by atoms with Crippen molar-refractivity contribution in [2.24, 2.45) is 0 Å². The van der Waals surface area contributed by atoms with Crippen LogP contribution in [0.1, 0.15) is 35.8 Å². The first kappa shape index (κ1) is 19.3. The zero-order chi connectivity index (χ0) is 19.6. The maximum Gasteiger partial charge on any atom is 0.275 e. The maximum absolute atomic E-state index is 12.4. The normalized spacial score (nSPS) is 11.6. The molecule has 0 aliphatic carbocycles. The number of amides is 1. The molecule has 0 aliphatic rings. The number of nitrogens with one attached hydrogen (secondary N) is 1. The fraction of sp³-hybridized carbons (Fsp3) is 0.200. The van der Waals surface area contributed by atoms with E-state index in [1.165, 1.54) is 29.0 Å². The van der Waals surface area contributed by atoms with Gasteiger partial charge in [0.2, 0.25) is 0 Å². The lowest BCUT2D eigenvalue weighted by molar-refractivity contribution is 0.102. The lowest BCUT2D eigenvalue weighted by Gasteiger charge is -2.06. The van der Waals surface area contributed by atoms with E-state index >= 15 is 0 Å². The van der Waals surface area contributed by atoms with E-state index in [1.807, 2.05) is 12.1 Å². The summed E-state index contributed by atoms with van der Waals surface area (Å²) >= 11 is 1.40. The van der Waals surface area contributed by atoms with E-state index in [9.17, 15) is 13.2 Å². The van der Waals surface area contributed by atoms with Gasteiger partial charge >= 0.3 is 0 Å². The van der Waals surface area contributed by atoms with Crippen molar-refractivity contribution in [3.63, 3.8) is 0 Å². The number of nitrogens with zero attached hydrogens (tertiary/aromatic N) is 1. The van der Waals surface area contributed by atoms with Gasteiger partial charge in [0.25, 0.3) is 5.91 Å². The molecule has 0 spiro atoms. The summed E-state index contributed by atoms with van der Waals surface area (Å²) < 4.78 is 23.3. The molecule has 0 saturated heterocycles. The van der Waals surface area contributed by atoms with Crippen molar-refractivity contribution in [3.05, 3.63) is 65.2 Å². The highest BCUT2D eigenvalue weighted by Gasteiger charge is 2.14. The molecular formula is C20H20N2O3S2. The summed E-state index contributed by atoms with van der Waals surface area (Å²) in [5, 5.41) is 5.16. The van der Waals surface area contributed by atoms with Crippen LogP contribution in [-0.2, 0) is 9.84 Å². The van der Waals surface area contributed by atoms with Gasteiger partial charge in [0.05, 0.1) is 4.90 Å². The average Bonchev–Trinajstić information content (AvgIpc) is 3.11. The molecule has 0 radical (unpaired) electrons. The number of anilines is 1. The Bertz CT molecular complexity index is 1070. The fourth-order valence-corrected chi connectivity index (χ4v) is 3.99. The SMILES string of the molecule is CC(C)c1ccc(-c2nc(C(=O)Nc3cccc(S(C)(=O)=O)c3)cs2)cc1. The van der Waals surface area contributed by atoms with Crippen LogP contribution in [-0.4, -0.2) is 25.6 Å². The molecular weight excluding hydrogens is 380 g/mol. The predicted molar refractivity (Wildman–Crippen MR) is 109 cm³/mol. The smallest absolute Gasteiger partial charge is 0.275 e. The minimum absolute atomic E-state index is 0.157. The zero-order valence-electron chi connectivity index (χ0n) is 15.3. The first-order valence-electron chi connectivity index (χ1n) is 8.41. The van der Waals surface area contributed by atoms with Crippen LogP contribution in [0.25, 0.3) is 10.6 Å². The second kappa shape index (κ2) is 7.62. The first-order valence-corrected chi connectivity index (χ1v) is 11.2. The predicted octanol–water partition coefficient (Wildman–Crippen LogP) is 4.59. The fourth-order valence-electron chi connectivity index (χ4n) is 2.52. The summed E-state index contributed by atoms with van der Waals surface area (Å²) in [4.78, 5) is 17.0. The summed E-state index contributed by atoms with van der Waals surface area (Å²) in [5.74, 6) is 0.0846. The first-order chi connectivity index (χ1) is 12.7. The minimum Gasteiger partial charge on any atom is -0.321 e. The third kappa shape index (κ3) is 4.61. The van der Waals surface area contributed by atoms with E-state index in [0.717, 1.165) is 16.8 Å². The number of sulfone groups is 1. The molecule has 0 saturated carbocycles. The zero-order valence-corrected chi connectivity index (χ0v) is 16.9. The quantitative estimate of drug-likeness (QED) is 0.680. The maximum atomic E-state index is 12.4. The van der Waals surface area contributed by atoms with Crippen molar-refractivity contribution in [1.82, 2.24) is 4.98 Å². The van der Waals surface area contributed by atoms with Crippen LogP contribution in [0.2, 0.25) is 0 Å². The molecule has 0 atom stereocenters. The molecule has 1 aromatic heterocycles. The molecule has 27 heavy (non-hydrogen) atoms. The number of thiazole rings is 1. The average molecular weight is 401 g/mol. The van der Waals surface area contributed by atoms with Gasteiger partial charge in [-0.05, 0) is 29.7 Å². The number of hydrogen-bond donors (Lipinski definition) is 1. The van der Waals surface area contributed by atoms with Gasteiger partial charge in [-0.15, -0.1) is 11.3 Å². The molecule has 0 bridgehead atoms. The Morgan fingerprint density at radius 3 is 2.44 bits per heavy atom. The Morgan fingerprint density at radius 1 is 1.11 bits per heavy atom. The molecule has 7 heteroatoms. The summed E-state index contributed by atoms with van der Waals surface area (Å²) in [6, 6.07) is 14.3. The highest BCUT2D eigenvalue weighted by Crippen LogP contribution is 2.26. The van der Waals surface area contributed by atoms with E-state index in [2.05, 4.69) is 36.3 Å². The van der Waals surface area contributed by atoms with Crippen molar-refractivity contribution in [3.8, 4) is 10.6 Å². The molecule has 0 aliphatic heterocycles. The largest absolute Gasteiger partial charge is 0.321 e. The summed E-state index contributed by atoms with van der Waals surface area (Å²) in [5.41, 5.74) is 2.92. The Morgan fingerprint density at radius 2 is 1.81 bits per heavy atom. The molecule has 1 heterocycles. The summed E-state index contributed by atoms with van der Waals surface area (Å²) in [7, 11) is -3.33. The van der Waals surface area contributed by atoms with Gasteiger partial charge in [-0.1, -0.05) is 44.2 Å². The summed E-state index contributed by atoms with van der Waals surface area (Å²) in [6.45, 7) is 4.28. The van der Waals surface area contributed by atoms with Gasteiger partial charge in [0.1, 0.15) is 10.7 Å². The van der Waals surface area contributed by atoms with Gasteiger partial charge in [0.15, 0.2) is 9.84 Å². The van der Waals surface area contributed by atoms with Crippen molar-refractivity contribution in [2.45, 2.75) is 24.7 Å². The second-order valence-electron chi connectivity index (χ2n) is 6.57. The van der Waals surface area contributed by atoms with Crippen molar-refractivity contribution < 1.29 is 13.2 Å². The molecule has 5 nitrogen and oxygen atoms in total. The lowest BCUT2D eigenvalue weighted by Crippen LogP contribution is -2.12. The van der Waals surface area contributed by atoms with Crippen molar-refractivity contribution in [2.75, 3.05) is 11.6 Å². The number of aromatic nitrogens is 1. The van der Waals surface area contributed by atoms with E-state index in [1.54, 1.807) is 17.5 Å². The van der Waals surface area contributed by atoms with Crippen LogP contribution in [0.15, 0.2) is 58.8 Å². The van der Waals surface area contributed by atoms with Crippen LogP contribution < -0.4 is 5.32 Å². The monoisotopic (exact) mass is 400 g/mol. The highest BCUT2D eigenvalue weighted by molar-refractivity contribution is 7.90. The third-order valence-corrected chi connectivity index (χ3v) is 6.08. The summed E-state index contributed by atoms with van der Waals surface area (Å²) in [6.07, 6.45) is 1.13. The van der Waals surface area contributed by atoms with Crippen LogP contribution in [0.4, 0.5) is 5.69 Å². The van der Waals surface area contributed by atoms with E-state index < -0.39 is 9.84 Å². The Labute approximate surface area is 163 Å². The molecule has 1 N–H and O–H groups in total. The van der Waals surface area contributed by atoms with Gasteiger partial charge in [-0.2, -0.15) is 0 Å². The molecule has 3 rings (SSSR count). The standard InChI is InChI=1S/C20H20N2O3S2/c1-13(2)14-7-9-15(10-8-14)20-22-18(12-26-20)19(23)21-16-5-4-6-17(11-16)27(3,24)25/h4-13H,1-3H3,(H,21,23). The van der Waals surface area contributed by atoms with Gasteiger partial charge in [-0.3, -0.25) is 4.79 Å². The van der Waals surface area contributed by atoms with Crippen LogP contribution in [0.3, 0.4) is 0 Å². The Kier molecular flexibility index (Phi) is 5.43. The highest BCUT2D eigenvalue weighted by atomic mass is 32.2. The Balaban J connectivity index is 1.77. The number of rotatable bonds is 5. The van der Waals surface area contributed by atoms with E-state index in [4.69, 9.17) is 0 Å². The van der Waals surface area contributed by atoms with E-state index in [-0.39, 0.29) is 10.8 Å². The van der Waals surface area contributed by atoms with Gasteiger partial charge < -0.3 is 5.32 Å². The number of hydrogen-bond acceptors (Lipinski definition) is 5. The molecule has 0 fully saturated rings. The Hall–Kier alpha value is -2.51. The van der Waals surface area contributed by atoms with Crippen molar-refractivity contribution in [1.29, 1.82) is 0 Å². The third-order valence-electron chi connectivity index (χ3n) is 4.08. The van der Waals surface area contributed by atoms with Crippen LogP contribution in [0, 0.1) is 0 Å². The lowest BCUT2D eigenvalue weighted by atomic mass is 10.0. The number of carbonyl (C=O) groups excluding carboxylic acids is 1. The molecule has 0 unspecified atom stereocenters. The van der Waals surface area contributed by atoms with Gasteiger partial charge in [0, 0.05) is 22.9 Å². The second-order valence-corrected chi connectivity index (χ2v) is 9.44. The van der Waals surface area contributed by atoms with Gasteiger partial charge in [-0.25, -0.2) is 13.4 Å².